The molecule has 3 aromatic rings. The number of rotatable bonds is 6. The molecule has 26 heavy (non-hydrogen) atoms. The molecule has 0 atom stereocenters. The van der Waals surface area contributed by atoms with Gasteiger partial charge in [0.2, 0.25) is 5.91 Å². The average molecular weight is 411 g/mol. The van der Waals surface area contributed by atoms with Gasteiger partial charge < -0.3 is 4.42 Å². The summed E-state index contributed by atoms with van der Waals surface area (Å²) in [4.78, 5) is 11.8. The van der Waals surface area contributed by atoms with Crippen LogP contribution < -0.4 is 5.43 Å². The van der Waals surface area contributed by atoms with Crippen LogP contribution in [-0.2, 0) is 11.2 Å². The number of hydrogen-bond donors (Lipinski definition) is 1. The molecule has 5 heteroatoms. The van der Waals surface area contributed by atoms with Crippen LogP contribution in [0.5, 0.6) is 0 Å². The van der Waals surface area contributed by atoms with E-state index in [4.69, 9.17) is 4.42 Å². The van der Waals surface area contributed by atoms with E-state index in [0.29, 0.717) is 18.6 Å². The number of carbonyl (C=O) groups excluding carboxylic acids is 1. The van der Waals surface area contributed by atoms with E-state index in [1.165, 1.54) is 11.8 Å². The van der Waals surface area contributed by atoms with Crippen LogP contribution >= 0.6 is 15.9 Å². The van der Waals surface area contributed by atoms with E-state index in [1.54, 1.807) is 0 Å². The number of halogens is 1. The van der Waals surface area contributed by atoms with E-state index in [1.807, 2.05) is 67.6 Å². The van der Waals surface area contributed by atoms with Crippen molar-refractivity contribution in [2.45, 2.75) is 19.8 Å². The van der Waals surface area contributed by atoms with Crippen molar-refractivity contribution >= 4 is 28.1 Å². The van der Waals surface area contributed by atoms with Gasteiger partial charge in [0.1, 0.15) is 11.5 Å². The molecule has 0 unspecified atom stereocenters. The summed E-state index contributed by atoms with van der Waals surface area (Å²) in [7, 11) is 0. The molecule has 0 aliphatic carbocycles. The first kappa shape index (κ1) is 18.1. The highest BCUT2D eigenvalue weighted by atomic mass is 79.9. The fourth-order valence-corrected chi connectivity index (χ4v) is 2.83. The summed E-state index contributed by atoms with van der Waals surface area (Å²) < 4.78 is 6.79. The first-order valence-electron chi connectivity index (χ1n) is 8.34. The third kappa shape index (κ3) is 4.92. The van der Waals surface area contributed by atoms with Crippen molar-refractivity contribution in [2.24, 2.45) is 5.10 Å². The quantitative estimate of drug-likeness (QED) is 0.453. The van der Waals surface area contributed by atoms with E-state index in [9.17, 15) is 4.79 Å². The molecule has 0 aliphatic heterocycles. The Morgan fingerprint density at radius 1 is 1.15 bits per heavy atom. The molecule has 2 aromatic carbocycles. The number of hydrogen-bond acceptors (Lipinski definition) is 3. The highest BCUT2D eigenvalue weighted by Gasteiger charge is 2.06. The van der Waals surface area contributed by atoms with Crippen LogP contribution in [0.25, 0.3) is 11.3 Å². The van der Waals surface area contributed by atoms with Crippen LogP contribution in [0, 0.1) is 6.92 Å². The van der Waals surface area contributed by atoms with Gasteiger partial charge in [-0.2, -0.15) is 5.10 Å². The Labute approximate surface area is 161 Å². The Morgan fingerprint density at radius 2 is 1.96 bits per heavy atom. The maximum Gasteiger partial charge on any atom is 0.240 e. The molecule has 1 amide bonds. The Kier molecular flexibility index (Phi) is 6.02. The molecule has 0 saturated carbocycles. The first-order chi connectivity index (χ1) is 12.6. The maximum atomic E-state index is 11.8. The molecule has 1 N–H and O–H groups in total. The minimum Gasteiger partial charge on any atom is -0.455 e. The summed E-state index contributed by atoms with van der Waals surface area (Å²) in [6.45, 7) is 2.04. The molecule has 0 bridgehead atoms. The number of nitrogens with zero attached hydrogens (tertiary/aromatic N) is 1. The van der Waals surface area contributed by atoms with Gasteiger partial charge in [-0.25, -0.2) is 5.43 Å². The smallest absolute Gasteiger partial charge is 0.240 e. The van der Waals surface area contributed by atoms with Crippen LogP contribution in [0.15, 0.2) is 74.7 Å². The highest BCUT2D eigenvalue weighted by molar-refractivity contribution is 9.10. The summed E-state index contributed by atoms with van der Waals surface area (Å²) in [6, 6.07) is 19.7. The molecule has 4 nitrogen and oxygen atoms in total. The van der Waals surface area contributed by atoms with Crippen LogP contribution in [0.1, 0.15) is 23.3 Å². The molecule has 0 radical (unpaired) electrons. The average Bonchev–Trinajstić information content (AvgIpc) is 3.12. The monoisotopic (exact) mass is 410 g/mol. The van der Waals surface area contributed by atoms with Crippen molar-refractivity contribution in [3.05, 3.63) is 82.0 Å². The second-order valence-corrected chi connectivity index (χ2v) is 6.80. The molecule has 0 aliphatic rings. The van der Waals surface area contributed by atoms with E-state index < -0.39 is 0 Å². The van der Waals surface area contributed by atoms with Crippen molar-refractivity contribution in [1.82, 2.24) is 5.43 Å². The number of benzene rings is 2. The van der Waals surface area contributed by atoms with Gasteiger partial charge in [0.25, 0.3) is 0 Å². The molecular weight excluding hydrogens is 392 g/mol. The number of aryl methyl sites for hydroxylation is 2. The van der Waals surface area contributed by atoms with E-state index in [0.717, 1.165) is 21.4 Å². The highest BCUT2D eigenvalue weighted by Crippen LogP contribution is 2.26. The Bertz CT molecular complexity index is 917. The minimum absolute atomic E-state index is 0.126. The lowest BCUT2D eigenvalue weighted by atomic mass is 10.1. The Morgan fingerprint density at radius 3 is 2.73 bits per heavy atom. The summed E-state index contributed by atoms with van der Waals surface area (Å²) in [5, 5.41) is 3.96. The second-order valence-electron chi connectivity index (χ2n) is 5.94. The van der Waals surface area contributed by atoms with Crippen molar-refractivity contribution in [1.29, 1.82) is 0 Å². The van der Waals surface area contributed by atoms with Crippen molar-refractivity contribution in [2.75, 3.05) is 0 Å². The zero-order valence-electron chi connectivity index (χ0n) is 14.4. The molecule has 0 saturated heterocycles. The van der Waals surface area contributed by atoms with Gasteiger partial charge in [-0.05, 0) is 42.7 Å². The lowest BCUT2D eigenvalue weighted by molar-refractivity contribution is -0.121. The van der Waals surface area contributed by atoms with Crippen molar-refractivity contribution < 1.29 is 9.21 Å². The number of carbonyl (C=O) groups is 1. The maximum absolute atomic E-state index is 11.8. The SMILES string of the molecule is Cc1ccc(-c2ccc(/C=N\NC(=O)CCc3ccccc3)o2)cc1Br. The lowest BCUT2D eigenvalue weighted by Crippen LogP contribution is -2.17. The van der Waals surface area contributed by atoms with E-state index in [-0.39, 0.29) is 5.91 Å². The Hall–Kier alpha value is -2.66. The van der Waals surface area contributed by atoms with Gasteiger partial charge in [-0.15, -0.1) is 0 Å². The second kappa shape index (κ2) is 8.63. The van der Waals surface area contributed by atoms with Gasteiger partial charge in [0, 0.05) is 16.5 Å². The van der Waals surface area contributed by atoms with Gasteiger partial charge in [0.05, 0.1) is 6.21 Å². The number of furan rings is 1. The number of hydrazone groups is 1. The fourth-order valence-electron chi connectivity index (χ4n) is 2.45. The van der Waals surface area contributed by atoms with Gasteiger partial charge >= 0.3 is 0 Å². The summed E-state index contributed by atoms with van der Waals surface area (Å²) in [5.41, 5.74) is 5.81. The van der Waals surface area contributed by atoms with Crippen LogP contribution in [-0.4, -0.2) is 12.1 Å². The topological polar surface area (TPSA) is 54.6 Å². The van der Waals surface area contributed by atoms with Crippen LogP contribution in [0.3, 0.4) is 0 Å². The molecule has 1 aromatic heterocycles. The predicted octanol–water partition coefficient (Wildman–Crippen LogP) is 5.10. The zero-order valence-corrected chi connectivity index (χ0v) is 16.0. The number of nitrogens with one attached hydrogen (secondary N) is 1. The summed E-state index contributed by atoms with van der Waals surface area (Å²) in [6.07, 6.45) is 2.59. The van der Waals surface area contributed by atoms with Gasteiger partial charge in [-0.1, -0.05) is 58.4 Å². The van der Waals surface area contributed by atoms with Crippen LogP contribution in [0.2, 0.25) is 0 Å². The summed E-state index contributed by atoms with van der Waals surface area (Å²) in [5.74, 6) is 1.21. The standard InChI is InChI=1S/C21H19BrN2O2/c1-15-7-9-17(13-19(15)22)20-11-10-18(26-20)14-23-24-21(25)12-8-16-5-3-2-4-6-16/h2-7,9-11,13-14H,8,12H2,1H3,(H,24,25)/b23-14-. The molecule has 3 rings (SSSR count). The first-order valence-corrected chi connectivity index (χ1v) is 9.13. The normalized spacial score (nSPS) is 11.0. The van der Waals surface area contributed by atoms with E-state index >= 15 is 0 Å². The minimum atomic E-state index is -0.126. The lowest BCUT2D eigenvalue weighted by Gasteiger charge is -2.01. The third-order valence-corrected chi connectivity index (χ3v) is 4.80. The zero-order chi connectivity index (χ0) is 18.4. The third-order valence-electron chi connectivity index (χ3n) is 3.95. The Balaban J connectivity index is 1.53. The molecular formula is C21H19BrN2O2. The fraction of sp³-hybridized carbons (Fsp3) is 0.143. The van der Waals surface area contributed by atoms with Crippen molar-refractivity contribution in [3.8, 4) is 11.3 Å². The van der Waals surface area contributed by atoms with Gasteiger partial charge in [0.15, 0.2) is 0 Å². The molecule has 0 fully saturated rings. The van der Waals surface area contributed by atoms with E-state index in [2.05, 4.69) is 26.5 Å². The van der Waals surface area contributed by atoms with Crippen molar-refractivity contribution in [3.63, 3.8) is 0 Å². The summed E-state index contributed by atoms with van der Waals surface area (Å²) >= 11 is 3.52. The largest absolute Gasteiger partial charge is 0.455 e. The molecule has 132 valence electrons. The predicted molar refractivity (Wildman–Crippen MR) is 107 cm³/mol. The number of amides is 1. The molecule has 1 heterocycles. The van der Waals surface area contributed by atoms with Crippen LogP contribution in [0.4, 0.5) is 0 Å². The molecule has 0 spiro atoms. The van der Waals surface area contributed by atoms with Gasteiger partial charge in [-0.3, -0.25) is 4.79 Å².